The Balaban J connectivity index is 1.31. The summed E-state index contributed by atoms with van der Waals surface area (Å²) in [6, 6.07) is 12.4. The maximum absolute atomic E-state index is 13.6. The Morgan fingerprint density at radius 3 is 2.54 bits per heavy atom. The molecular weight excluding hydrogens is 540 g/mol. The van der Waals surface area contributed by atoms with Crippen LogP contribution < -0.4 is 25.7 Å². The van der Waals surface area contributed by atoms with Gasteiger partial charge in [0.2, 0.25) is 5.75 Å². The lowest BCUT2D eigenvalue weighted by Gasteiger charge is -2.35. The summed E-state index contributed by atoms with van der Waals surface area (Å²) in [6.45, 7) is 5.90. The Kier molecular flexibility index (Phi) is 7.60. The first-order valence-electron chi connectivity index (χ1n) is 12.9. The number of nitrogens with zero attached hydrogens (tertiary/aromatic N) is 4. The monoisotopic (exact) mass is 572 g/mol. The third-order valence-corrected chi connectivity index (χ3v) is 9.14. The highest BCUT2D eigenvalue weighted by atomic mass is 35.5. The van der Waals surface area contributed by atoms with E-state index in [-0.39, 0.29) is 36.4 Å². The average Bonchev–Trinajstić information content (AvgIpc) is 3.65. The van der Waals surface area contributed by atoms with Gasteiger partial charge in [-0.05, 0) is 55.2 Å². The van der Waals surface area contributed by atoms with Gasteiger partial charge in [0.1, 0.15) is 5.69 Å². The molecule has 0 atom stereocenters. The summed E-state index contributed by atoms with van der Waals surface area (Å²) >= 11 is 6.14. The van der Waals surface area contributed by atoms with Crippen LogP contribution in [0, 0.1) is 12.3 Å². The molecule has 0 spiro atoms. The second-order valence-electron chi connectivity index (χ2n) is 10.6. The van der Waals surface area contributed by atoms with Gasteiger partial charge < -0.3 is 15.4 Å². The van der Waals surface area contributed by atoms with E-state index in [1.54, 1.807) is 36.5 Å². The molecule has 0 amide bonds. The minimum atomic E-state index is -3.70. The van der Waals surface area contributed by atoms with Gasteiger partial charge in [0, 0.05) is 48.8 Å². The first kappa shape index (κ1) is 27.4. The number of ether oxygens (including phenoxy) is 1. The van der Waals surface area contributed by atoms with Gasteiger partial charge in [-0.2, -0.15) is 27.2 Å². The second kappa shape index (κ2) is 10.8. The molecule has 5 rings (SSSR count). The molecule has 2 aliphatic rings. The number of rotatable bonds is 9. The van der Waals surface area contributed by atoms with E-state index in [2.05, 4.69) is 16.7 Å². The Bertz CT molecular complexity index is 1530. The molecule has 0 bridgehead atoms. The van der Waals surface area contributed by atoms with E-state index in [1.165, 1.54) is 8.99 Å². The minimum Gasteiger partial charge on any atom is -0.486 e. The maximum atomic E-state index is 13.6. The summed E-state index contributed by atoms with van der Waals surface area (Å²) in [5.74, 6) is 0.214. The van der Waals surface area contributed by atoms with E-state index >= 15 is 0 Å². The zero-order valence-corrected chi connectivity index (χ0v) is 23.6. The largest absolute Gasteiger partial charge is 0.486 e. The Labute approximate surface area is 233 Å². The van der Waals surface area contributed by atoms with Crippen LogP contribution in [0.15, 0.2) is 53.5 Å². The summed E-state index contributed by atoms with van der Waals surface area (Å²) in [5, 5.41) is 4.90. The molecule has 3 aromatic rings. The number of nitrogens with one attached hydrogen (secondary N) is 1. The molecular formula is C27H33ClN6O4S. The molecule has 2 heterocycles. The van der Waals surface area contributed by atoms with E-state index in [1.807, 2.05) is 24.0 Å². The van der Waals surface area contributed by atoms with Crippen molar-refractivity contribution >= 4 is 33.2 Å². The van der Waals surface area contributed by atoms with Crippen LogP contribution in [0.1, 0.15) is 30.9 Å². The molecule has 2 aromatic carbocycles. The predicted octanol–water partition coefficient (Wildman–Crippen LogP) is 3.11. The highest BCUT2D eigenvalue weighted by Crippen LogP contribution is 2.45. The third kappa shape index (κ3) is 6.22. The lowest BCUT2D eigenvalue weighted by atomic mass is 10.1. The quantitative estimate of drug-likeness (QED) is 0.378. The van der Waals surface area contributed by atoms with Crippen molar-refractivity contribution in [3.05, 3.63) is 75.2 Å². The normalized spacial score (nSPS) is 17.3. The summed E-state index contributed by atoms with van der Waals surface area (Å²) < 4.78 is 37.5. The molecule has 0 radical (unpaired) electrons. The number of nitrogens with two attached hydrogens (primary N) is 1. The lowest BCUT2D eigenvalue weighted by Crippen LogP contribution is -2.52. The van der Waals surface area contributed by atoms with Gasteiger partial charge in [0.15, 0.2) is 0 Å². The van der Waals surface area contributed by atoms with Gasteiger partial charge in [0.25, 0.3) is 10.2 Å². The standard InChI is InChI=1S/C27H33ClN6O4S/c1-19-14-20(6-7-23(19)29)16-31-39(36,37)33-12-10-32(11-13-33)24-17-30-34(22-5-3-4-21(28)15-22)26(35)25(24)38-18-27(2)8-9-27/h3-7,14-15,17,31H,8-13,16,18,29H2,1-2H3. The Hall–Kier alpha value is -3.12. The predicted molar refractivity (Wildman–Crippen MR) is 153 cm³/mol. The highest BCUT2D eigenvalue weighted by molar-refractivity contribution is 7.87. The molecule has 0 unspecified atom stereocenters. The van der Waals surface area contributed by atoms with Crippen molar-refractivity contribution in [2.45, 2.75) is 33.2 Å². The van der Waals surface area contributed by atoms with E-state index in [0.717, 1.165) is 24.0 Å². The van der Waals surface area contributed by atoms with Crippen LogP contribution in [0.4, 0.5) is 11.4 Å². The molecule has 1 aromatic heterocycles. The number of benzene rings is 2. The molecule has 12 heteroatoms. The van der Waals surface area contributed by atoms with Crippen molar-refractivity contribution in [1.29, 1.82) is 0 Å². The first-order valence-corrected chi connectivity index (χ1v) is 14.7. The van der Waals surface area contributed by atoms with Gasteiger partial charge in [-0.15, -0.1) is 0 Å². The fourth-order valence-electron chi connectivity index (χ4n) is 4.47. The summed E-state index contributed by atoms with van der Waals surface area (Å²) in [6.07, 6.45) is 3.71. The van der Waals surface area contributed by atoms with Crippen molar-refractivity contribution in [3.63, 3.8) is 0 Å². The molecule has 1 saturated carbocycles. The SMILES string of the molecule is Cc1cc(CNS(=O)(=O)N2CCN(c3cnn(-c4cccc(Cl)c4)c(=O)c3OCC3(C)CC3)CC2)ccc1N. The number of nitrogen functional groups attached to an aromatic ring is 1. The molecule has 3 N–H and O–H groups in total. The van der Waals surface area contributed by atoms with Crippen LogP contribution in [0.25, 0.3) is 5.69 Å². The zero-order valence-electron chi connectivity index (χ0n) is 22.1. The summed E-state index contributed by atoms with van der Waals surface area (Å²) in [4.78, 5) is 15.5. The maximum Gasteiger partial charge on any atom is 0.316 e. The first-order chi connectivity index (χ1) is 18.5. The van der Waals surface area contributed by atoms with Gasteiger partial charge in [-0.1, -0.05) is 36.7 Å². The second-order valence-corrected chi connectivity index (χ2v) is 12.7. The molecule has 39 heavy (non-hydrogen) atoms. The number of hydrogen-bond acceptors (Lipinski definition) is 7. The van der Waals surface area contributed by atoms with Crippen molar-refractivity contribution in [1.82, 2.24) is 18.8 Å². The zero-order chi connectivity index (χ0) is 27.8. The van der Waals surface area contributed by atoms with Gasteiger partial charge in [-0.25, -0.2) is 0 Å². The van der Waals surface area contributed by atoms with E-state index in [4.69, 9.17) is 22.1 Å². The van der Waals surface area contributed by atoms with E-state index < -0.39 is 10.2 Å². The van der Waals surface area contributed by atoms with Gasteiger partial charge in [0.05, 0.1) is 18.5 Å². The molecule has 10 nitrogen and oxygen atoms in total. The molecule has 1 aliphatic heterocycles. The smallest absolute Gasteiger partial charge is 0.316 e. The van der Waals surface area contributed by atoms with Crippen LogP contribution in [0.2, 0.25) is 5.02 Å². The molecule has 1 aliphatic carbocycles. The Morgan fingerprint density at radius 1 is 1.13 bits per heavy atom. The number of piperazine rings is 1. The van der Waals surface area contributed by atoms with E-state index in [0.29, 0.717) is 41.8 Å². The Morgan fingerprint density at radius 2 is 1.87 bits per heavy atom. The number of halogens is 1. The van der Waals surface area contributed by atoms with Crippen LogP contribution in [0.5, 0.6) is 5.75 Å². The molecule has 1 saturated heterocycles. The fourth-order valence-corrected chi connectivity index (χ4v) is 5.83. The summed E-state index contributed by atoms with van der Waals surface area (Å²) in [5.41, 5.74) is 9.06. The van der Waals surface area contributed by atoms with Crippen LogP contribution in [0.3, 0.4) is 0 Å². The molecule has 208 valence electrons. The van der Waals surface area contributed by atoms with Crippen LogP contribution in [-0.4, -0.2) is 55.3 Å². The van der Waals surface area contributed by atoms with Gasteiger partial charge in [-0.3, -0.25) is 4.79 Å². The number of anilines is 2. The van der Waals surface area contributed by atoms with Crippen LogP contribution >= 0.6 is 11.6 Å². The number of hydrogen-bond donors (Lipinski definition) is 2. The van der Waals surface area contributed by atoms with Gasteiger partial charge >= 0.3 is 5.56 Å². The minimum absolute atomic E-state index is 0.0648. The summed E-state index contributed by atoms with van der Waals surface area (Å²) in [7, 11) is -3.70. The molecule has 2 fully saturated rings. The van der Waals surface area contributed by atoms with Crippen molar-refractivity contribution in [2.24, 2.45) is 5.41 Å². The van der Waals surface area contributed by atoms with Crippen molar-refractivity contribution < 1.29 is 13.2 Å². The number of aryl methyl sites for hydroxylation is 1. The third-order valence-electron chi connectivity index (χ3n) is 7.35. The van der Waals surface area contributed by atoms with Crippen molar-refractivity contribution in [3.8, 4) is 11.4 Å². The fraction of sp³-hybridized carbons (Fsp3) is 0.407. The van der Waals surface area contributed by atoms with E-state index in [9.17, 15) is 13.2 Å². The lowest BCUT2D eigenvalue weighted by molar-refractivity contribution is 0.242. The van der Waals surface area contributed by atoms with Crippen LogP contribution in [-0.2, 0) is 16.8 Å². The highest BCUT2D eigenvalue weighted by Gasteiger charge is 2.39. The van der Waals surface area contributed by atoms with Crippen molar-refractivity contribution in [2.75, 3.05) is 43.4 Å². The number of aromatic nitrogens is 2. The topological polar surface area (TPSA) is 123 Å². The average molecular weight is 573 g/mol.